The van der Waals surface area contributed by atoms with E-state index in [1.165, 1.54) is 0 Å². The number of nitrogens with one attached hydrogen (secondary N) is 3. The van der Waals surface area contributed by atoms with Crippen LogP contribution < -0.4 is 16.2 Å². The zero-order valence-electron chi connectivity index (χ0n) is 14.3. The molecule has 0 aromatic heterocycles. The van der Waals surface area contributed by atoms with Crippen LogP contribution in [0.2, 0.25) is 5.02 Å². The van der Waals surface area contributed by atoms with E-state index in [1.54, 1.807) is 25.1 Å². The molecule has 0 atom stereocenters. The number of carbonyl (C=O) groups is 3. The van der Waals surface area contributed by atoms with Crippen LogP contribution in [0.15, 0.2) is 48.5 Å². The van der Waals surface area contributed by atoms with Crippen LogP contribution in [-0.4, -0.2) is 17.7 Å². The van der Waals surface area contributed by atoms with Gasteiger partial charge in [-0.25, -0.2) is 0 Å². The Morgan fingerprint density at radius 3 is 2.23 bits per heavy atom. The molecule has 0 spiro atoms. The minimum atomic E-state index is -0.440. The summed E-state index contributed by atoms with van der Waals surface area (Å²) in [4.78, 5) is 35.4. The van der Waals surface area contributed by atoms with Crippen LogP contribution in [0.5, 0.6) is 0 Å². The second kappa shape index (κ2) is 9.58. The smallest absolute Gasteiger partial charge is 0.242 e. The molecule has 26 heavy (non-hydrogen) atoms. The molecule has 0 radical (unpaired) electrons. The summed E-state index contributed by atoms with van der Waals surface area (Å²) in [7, 11) is 0. The second-order valence-corrected chi connectivity index (χ2v) is 6.13. The lowest BCUT2D eigenvalue weighted by Gasteiger charge is -2.10. The predicted molar refractivity (Wildman–Crippen MR) is 100 cm³/mol. The lowest BCUT2D eigenvalue weighted by atomic mass is 10.1. The van der Waals surface area contributed by atoms with Crippen molar-refractivity contribution in [1.82, 2.24) is 10.9 Å². The Morgan fingerprint density at radius 1 is 0.846 bits per heavy atom. The van der Waals surface area contributed by atoms with Crippen molar-refractivity contribution in [3.63, 3.8) is 0 Å². The van der Waals surface area contributed by atoms with Gasteiger partial charge >= 0.3 is 0 Å². The molecule has 136 valence electrons. The first-order chi connectivity index (χ1) is 12.5. The number of hydrazine groups is 1. The zero-order valence-corrected chi connectivity index (χ0v) is 15.1. The predicted octanol–water partition coefficient (Wildman–Crippen LogP) is 2.76. The highest BCUT2D eigenvalue weighted by atomic mass is 35.5. The number of anilines is 1. The van der Waals surface area contributed by atoms with Gasteiger partial charge in [-0.05, 0) is 30.2 Å². The van der Waals surface area contributed by atoms with Gasteiger partial charge in [0.25, 0.3) is 0 Å². The standard InChI is InChI=1S/C19H20ClN3O3/c1-13-15(20)8-5-9-16(13)21-17(24)10-11-18(25)22-23-19(26)12-14-6-3-2-4-7-14/h2-9H,10-12H2,1H3,(H,21,24)(H,22,25)(H,23,26). The van der Waals surface area contributed by atoms with Gasteiger partial charge in [-0.15, -0.1) is 0 Å². The SMILES string of the molecule is Cc1c(Cl)cccc1NC(=O)CCC(=O)NNC(=O)Cc1ccccc1. The monoisotopic (exact) mass is 373 g/mol. The summed E-state index contributed by atoms with van der Waals surface area (Å²) in [6, 6.07) is 14.4. The molecule has 0 heterocycles. The highest BCUT2D eigenvalue weighted by molar-refractivity contribution is 6.31. The summed E-state index contributed by atoms with van der Waals surface area (Å²) >= 11 is 6.00. The van der Waals surface area contributed by atoms with Crippen LogP contribution in [0.4, 0.5) is 5.69 Å². The molecule has 0 saturated heterocycles. The second-order valence-electron chi connectivity index (χ2n) is 5.72. The minimum absolute atomic E-state index is 0.00760. The van der Waals surface area contributed by atoms with Crippen molar-refractivity contribution in [2.45, 2.75) is 26.2 Å². The Bertz CT molecular complexity index is 794. The highest BCUT2D eigenvalue weighted by Gasteiger charge is 2.10. The van der Waals surface area contributed by atoms with E-state index >= 15 is 0 Å². The van der Waals surface area contributed by atoms with Crippen LogP contribution in [0.25, 0.3) is 0 Å². The number of benzene rings is 2. The van der Waals surface area contributed by atoms with Crippen LogP contribution in [0.3, 0.4) is 0 Å². The van der Waals surface area contributed by atoms with Gasteiger partial charge in [0.2, 0.25) is 17.7 Å². The van der Waals surface area contributed by atoms with E-state index in [-0.39, 0.29) is 31.1 Å². The number of rotatable bonds is 6. The first-order valence-electron chi connectivity index (χ1n) is 8.12. The van der Waals surface area contributed by atoms with Gasteiger partial charge in [0, 0.05) is 23.6 Å². The summed E-state index contributed by atoms with van der Waals surface area (Å²) < 4.78 is 0. The topological polar surface area (TPSA) is 87.3 Å². The molecule has 0 unspecified atom stereocenters. The largest absolute Gasteiger partial charge is 0.326 e. The Kier molecular flexibility index (Phi) is 7.17. The number of carbonyl (C=O) groups excluding carboxylic acids is 3. The molecule has 0 fully saturated rings. The average molecular weight is 374 g/mol. The van der Waals surface area contributed by atoms with E-state index in [9.17, 15) is 14.4 Å². The Morgan fingerprint density at radius 2 is 1.50 bits per heavy atom. The van der Waals surface area contributed by atoms with E-state index in [2.05, 4.69) is 16.2 Å². The lowest BCUT2D eigenvalue weighted by molar-refractivity contribution is -0.129. The van der Waals surface area contributed by atoms with Crippen molar-refractivity contribution in [1.29, 1.82) is 0 Å². The van der Waals surface area contributed by atoms with E-state index in [4.69, 9.17) is 11.6 Å². The molecule has 7 heteroatoms. The molecule has 0 bridgehead atoms. The maximum Gasteiger partial charge on any atom is 0.242 e. The summed E-state index contributed by atoms with van der Waals surface area (Å²) in [6.45, 7) is 1.80. The average Bonchev–Trinajstić information content (AvgIpc) is 2.63. The van der Waals surface area contributed by atoms with E-state index < -0.39 is 5.91 Å². The normalized spacial score (nSPS) is 10.1. The maximum atomic E-state index is 11.9. The van der Waals surface area contributed by atoms with Gasteiger partial charge in [-0.2, -0.15) is 0 Å². The summed E-state index contributed by atoms with van der Waals surface area (Å²) in [5.74, 6) is -1.07. The third kappa shape index (κ3) is 6.22. The molecule has 0 aliphatic carbocycles. The number of halogens is 1. The van der Waals surface area contributed by atoms with Gasteiger partial charge in [0.15, 0.2) is 0 Å². The summed E-state index contributed by atoms with van der Waals surface area (Å²) in [5, 5.41) is 3.27. The van der Waals surface area contributed by atoms with Crippen LogP contribution in [-0.2, 0) is 20.8 Å². The molecule has 3 amide bonds. The molecule has 2 aromatic carbocycles. The fourth-order valence-corrected chi connectivity index (χ4v) is 2.38. The summed E-state index contributed by atoms with van der Waals surface area (Å²) in [5.41, 5.74) is 6.85. The highest BCUT2D eigenvalue weighted by Crippen LogP contribution is 2.23. The molecule has 0 aliphatic rings. The Hall–Kier alpha value is -2.86. The molecule has 0 saturated carbocycles. The van der Waals surface area contributed by atoms with E-state index in [0.29, 0.717) is 10.7 Å². The number of amides is 3. The zero-order chi connectivity index (χ0) is 18.9. The quantitative estimate of drug-likeness (QED) is 0.680. The Balaban J connectivity index is 1.70. The van der Waals surface area contributed by atoms with Crippen molar-refractivity contribution in [3.05, 3.63) is 64.7 Å². The van der Waals surface area contributed by atoms with Gasteiger partial charge in [0.1, 0.15) is 0 Å². The summed E-state index contributed by atoms with van der Waals surface area (Å²) in [6.07, 6.45) is 0.110. The molecule has 0 aliphatic heterocycles. The van der Waals surface area contributed by atoms with Gasteiger partial charge in [-0.3, -0.25) is 25.2 Å². The van der Waals surface area contributed by atoms with E-state index in [1.807, 2.05) is 30.3 Å². The van der Waals surface area contributed by atoms with Gasteiger partial charge < -0.3 is 5.32 Å². The van der Waals surface area contributed by atoms with Crippen LogP contribution in [0, 0.1) is 6.92 Å². The molecular formula is C19H20ClN3O3. The van der Waals surface area contributed by atoms with Crippen molar-refractivity contribution >= 4 is 35.0 Å². The lowest BCUT2D eigenvalue weighted by Crippen LogP contribution is -2.42. The van der Waals surface area contributed by atoms with Crippen LogP contribution in [0.1, 0.15) is 24.0 Å². The Labute approximate surface area is 156 Å². The molecule has 2 rings (SSSR count). The van der Waals surface area contributed by atoms with Gasteiger partial charge in [-0.1, -0.05) is 48.0 Å². The van der Waals surface area contributed by atoms with Crippen LogP contribution >= 0.6 is 11.6 Å². The third-order valence-electron chi connectivity index (χ3n) is 3.67. The van der Waals surface area contributed by atoms with E-state index in [0.717, 1.165) is 11.1 Å². The third-order valence-corrected chi connectivity index (χ3v) is 4.08. The first-order valence-corrected chi connectivity index (χ1v) is 8.50. The number of hydrogen-bond donors (Lipinski definition) is 3. The molecule has 6 nitrogen and oxygen atoms in total. The van der Waals surface area contributed by atoms with Crippen molar-refractivity contribution in [3.8, 4) is 0 Å². The van der Waals surface area contributed by atoms with Gasteiger partial charge in [0.05, 0.1) is 6.42 Å². The van der Waals surface area contributed by atoms with Crippen molar-refractivity contribution < 1.29 is 14.4 Å². The molecule has 3 N–H and O–H groups in total. The number of hydrogen-bond acceptors (Lipinski definition) is 3. The van der Waals surface area contributed by atoms with Crippen molar-refractivity contribution in [2.75, 3.05) is 5.32 Å². The maximum absolute atomic E-state index is 11.9. The first kappa shape index (κ1) is 19.5. The molecular weight excluding hydrogens is 354 g/mol. The van der Waals surface area contributed by atoms with Crippen molar-refractivity contribution in [2.24, 2.45) is 0 Å². The fraction of sp³-hybridized carbons (Fsp3) is 0.211. The molecule has 2 aromatic rings. The fourth-order valence-electron chi connectivity index (χ4n) is 2.21. The minimum Gasteiger partial charge on any atom is -0.326 e.